The number of nitrogen functional groups attached to an aromatic ring is 1. The molecule has 3 aromatic heterocycles. The number of nitrogens with two attached hydrogens (primary N) is 1. The molecule has 0 saturated heterocycles. The minimum absolute atomic E-state index is 0.0862. The number of imidazole rings is 1. The number of nitrogens with one attached hydrogen (secondary N) is 1. The van der Waals surface area contributed by atoms with Crippen molar-refractivity contribution in [1.29, 1.82) is 0 Å². The minimum atomic E-state index is -0.445. The largest absolute Gasteiger partial charge is 0.450 e. The predicted octanol–water partition coefficient (Wildman–Crippen LogP) is 3.83. The second kappa shape index (κ2) is 10.1. The van der Waals surface area contributed by atoms with Gasteiger partial charge >= 0.3 is 6.09 Å². The number of nitrogens with zero attached hydrogens (tertiary/aromatic N) is 5. The van der Waals surface area contributed by atoms with E-state index < -0.39 is 6.09 Å². The molecule has 0 aliphatic rings. The first kappa shape index (κ1) is 21.5. The van der Waals surface area contributed by atoms with Crippen LogP contribution in [0.1, 0.15) is 18.4 Å². The number of carbonyl (C=O) groups excluding carboxylic acids is 1. The number of benzene rings is 1. The molecule has 3 heterocycles. The van der Waals surface area contributed by atoms with E-state index in [1.54, 1.807) is 18.7 Å². The summed E-state index contributed by atoms with van der Waals surface area (Å²) in [7, 11) is 0. The average molecular weight is 452 g/mol. The molecule has 3 N–H and O–H groups in total. The van der Waals surface area contributed by atoms with Gasteiger partial charge in [0.05, 0.1) is 12.9 Å². The standard InChI is InChI=1S/C22H22ClN7O2/c23-21-28-19(24)18-20(29-21)30(14-27-18)10-1-2-11-32-22(31)26-13-15-4-3-5-17(12-15)16-6-8-25-9-7-16/h3-9,12,14H,1-2,10-11,13H2,(H,26,31)(H2,24,28,29). The highest BCUT2D eigenvalue weighted by atomic mass is 35.5. The van der Waals surface area contributed by atoms with E-state index in [2.05, 4.69) is 25.3 Å². The number of hydrogen-bond acceptors (Lipinski definition) is 7. The highest BCUT2D eigenvalue weighted by Crippen LogP contribution is 2.20. The molecule has 0 aliphatic carbocycles. The Morgan fingerprint density at radius 2 is 1.97 bits per heavy atom. The number of hydrogen-bond donors (Lipinski definition) is 2. The fraction of sp³-hybridized carbons (Fsp3) is 0.227. The number of ether oxygens (including phenoxy) is 1. The van der Waals surface area contributed by atoms with Gasteiger partial charge in [-0.25, -0.2) is 9.78 Å². The summed E-state index contributed by atoms with van der Waals surface area (Å²) in [4.78, 5) is 28.3. The molecule has 0 fully saturated rings. The van der Waals surface area contributed by atoms with Gasteiger partial charge in [-0.15, -0.1) is 0 Å². The first-order chi connectivity index (χ1) is 15.6. The lowest BCUT2D eigenvalue weighted by Gasteiger charge is -2.09. The number of aromatic nitrogens is 5. The Morgan fingerprint density at radius 1 is 1.12 bits per heavy atom. The molecule has 9 nitrogen and oxygen atoms in total. The zero-order chi connectivity index (χ0) is 22.3. The van der Waals surface area contributed by atoms with Crippen molar-refractivity contribution in [2.75, 3.05) is 12.3 Å². The number of unbranched alkanes of at least 4 members (excludes halogenated alkanes) is 1. The summed E-state index contributed by atoms with van der Waals surface area (Å²) in [6, 6.07) is 11.9. The zero-order valence-corrected chi connectivity index (χ0v) is 18.0. The third-order valence-electron chi connectivity index (χ3n) is 4.87. The number of amides is 1. The molecule has 0 spiro atoms. The molecule has 32 heavy (non-hydrogen) atoms. The summed E-state index contributed by atoms with van der Waals surface area (Å²) in [6.45, 7) is 1.35. The molecular formula is C22H22ClN7O2. The summed E-state index contributed by atoms with van der Waals surface area (Å²) in [5.41, 5.74) is 10.1. The normalized spacial score (nSPS) is 10.9. The number of aryl methyl sites for hydroxylation is 1. The summed E-state index contributed by atoms with van der Waals surface area (Å²) >= 11 is 5.87. The van der Waals surface area contributed by atoms with E-state index in [1.807, 2.05) is 41.0 Å². The molecule has 1 aromatic carbocycles. The lowest BCUT2D eigenvalue weighted by Crippen LogP contribution is -2.24. The molecule has 0 atom stereocenters. The molecule has 0 radical (unpaired) electrons. The summed E-state index contributed by atoms with van der Waals surface area (Å²) < 4.78 is 7.13. The quantitative estimate of drug-likeness (QED) is 0.308. The third kappa shape index (κ3) is 5.30. The van der Waals surface area contributed by atoms with E-state index in [4.69, 9.17) is 22.1 Å². The molecule has 4 rings (SSSR count). The van der Waals surface area contributed by atoms with Crippen molar-refractivity contribution in [2.24, 2.45) is 0 Å². The van der Waals surface area contributed by atoms with Crippen molar-refractivity contribution in [3.8, 4) is 11.1 Å². The molecule has 0 bridgehead atoms. The Hall–Kier alpha value is -3.72. The highest BCUT2D eigenvalue weighted by Gasteiger charge is 2.10. The Bertz CT molecular complexity index is 1210. The Morgan fingerprint density at radius 3 is 2.81 bits per heavy atom. The van der Waals surface area contributed by atoms with E-state index in [0.717, 1.165) is 23.1 Å². The lowest BCUT2D eigenvalue weighted by atomic mass is 10.0. The Kier molecular flexibility index (Phi) is 6.76. The van der Waals surface area contributed by atoms with Gasteiger partial charge in [0.15, 0.2) is 11.5 Å². The van der Waals surface area contributed by atoms with Crippen LogP contribution in [0.15, 0.2) is 55.1 Å². The maximum atomic E-state index is 12.0. The molecule has 10 heteroatoms. The van der Waals surface area contributed by atoms with Gasteiger partial charge in [0.25, 0.3) is 0 Å². The number of anilines is 1. The van der Waals surface area contributed by atoms with Gasteiger partial charge in [0.1, 0.15) is 5.52 Å². The van der Waals surface area contributed by atoms with Crippen LogP contribution in [-0.2, 0) is 17.8 Å². The Balaban J connectivity index is 1.20. The van der Waals surface area contributed by atoms with Crippen LogP contribution < -0.4 is 11.1 Å². The van der Waals surface area contributed by atoms with Gasteiger partial charge in [-0.3, -0.25) is 4.98 Å². The number of halogens is 1. The number of alkyl carbamates (subject to hydrolysis) is 1. The molecular weight excluding hydrogens is 430 g/mol. The first-order valence-corrected chi connectivity index (χ1v) is 10.5. The number of fused-ring (bicyclic) bond motifs is 1. The topological polar surface area (TPSA) is 121 Å². The highest BCUT2D eigenvalue weighted by molar-refractivity contribution is 6.28. The van der Waals surface area contributed by atoms with Gasteiger partial charge in [-0.05, 0) is 59.3 Å². The lowest BCUT2D eigenvalue weighted by molar-refractivity contribution is 0.143. The van der Waals surface area contributed by atoms with Crippen molar-refractivity contribution >= 4 is 34.7 Å². The zero-order valence-electron chi connectivity index (χ0n) is 17.2. The summed E-state index contributed by atoms with van der Waals surface area (Å²) in [5.74, 6) is 0.255. The van der Waals surface area contributed by atoms with E-state index in [9.17, 15) is 4.79 Å². The Labute approximate surface area is 189 Å². The second-order valence-electron chi connectivity index (χ2n) is 7.12. The molecule has 1 amide bonds. The van der Waals surface area contributed by atoms with E-state index >= 15 is 0 Å². The molecule has 4 aromatic rings. The van der Waals surface area contributed by atoms with Crippen LogP contribution in [0.25, 0.3) is 22.3 Å². The average Bonchev–Trinajstić information content (AvgIpc) is 3.21. The van der Waals surface area contributed by atoms with Crippen LogP contribution in [0.3, 0.4) is 0 Å². The monoisotopic (exact) mass is 451 g/mol. The van der Waals surface area contributed by atoms with Crippen LogP contribution in [0.5, 0.6) is 0 Å². The third-order valence-corrected chi connectivity index (χ3v) is 5.04. The number of carbonyl (C=O) groups is 1. The van der Waals surface area contributed by atoms with Crippen LogP contribution >= 0.6 is 11.6 Å². The van der Waals surface area contributed by atoms with Crippen molar-refractivity contribution in [2.45, 2.75) is 25.9 Å². The molecule has 164 valence electrons. The van der Waals surface area contributed by atoms with Crippen molar-refractivity contribution in [3.05, 3.63) is 66.0 Å². The number of rotatable bonds is 8. The van der Waals surface area contributed by atoms with Crippen molar-refractivity contribution in [3.63, 3.8) is 0 Å². The van der Waals surface area contributed by atoms with Crippen LogP contribution in [0.2, 0.25) is 5.28 Å². The fourth-order valence-electron chi connectivity index (χ4n) is 3.28. The molecule has 0 aliphatic heterocycles. The van der Waals surface area contributed by atoms with Gasteiger partial charge in [-0.1, -0.05) is 18.2 Å². The SMILES string of the molecule is Nc1nc(Cl)nc2c1ncn2CCCCOC(=O)NCc1cccc(-c2ccncc2)c1. The maximum absolute atomic E-state index is 12.0. The first-order valence-electron chi connectivity index (χ1n) is 10.1. The van der Waals surface area contributed by atoms with Gasteiger partial charge in [0.2, 0.25) is 5.28 Å². The fourth-order valence-corrected chi connectivity index (χ4v) is 3.45. The van der Waals surface area contributed by atoms with Crippen LogP contribution in [0, 0.1) is 0 Å². The van der Waals surface area contributed by atoms with E-state index in [-0.39, 0.29) is 11.1 Å². The van der Waals surface area contributed by atoms with E-state index in [0.29, 0.717) is 37.3 Å². The van der Waals surface area contributed by atoms with Gasteiger partial charge < -0.3 is 20.4 Å². The van der Waals surface area contributed by atoms with E-state index in [1.165, 1.54) is 0 Å². The van der Waals surface area contributed by atoms with Crippen molar-refractivity contribution < 1.29 is 9.53 Å². The van der Waals surface area contributed by atoms with Crippen LogP contribution in [-0.4, -0.2) is 37.2 Å². The van der Waals surface area contributed by atoms with Gasteiger partial charge in [0, 0.05) is 25.5 Å². The smallest absolute Gasteiger partial charge is 0.407 e. The molecule has 0 unspecified atom stereocenters. The molecule has 0 saturated carbocycles. The maximum Gasteiger partial charge on any atom is 0.407 e. The minimum Gasteiger partial charge on any atom is -0.450 e. The second-order valence-corrected chi connectivity index (χ2v) is 7.46. The van der Waals surface area contributed by atoms with Crippen molar-refractivity contribution in [1.82, 2.24) is 29.8 Å². The van der Waals surface area contributed by atoms with Crippen LogP contribution in [0.4, 0.5) is 10.6 Å². The predicted molar refractivity (Wildman–Crippen MR) is 122 cm³/mol. The van der Waals surface area contributed by atoms with Gasteiger partial charge in [-0.2, -0.15) is 9.97 Å². The summed E-state index contributed by atoms with van der Waals surface area (Å²) in [6.07, 6.45) is 6.18. The summed E-state index contributed by atoms with van der Waals surface area (Å²) in [5, 5.41) is 2.87. The number of pyridine rings is 1.